The van der Waals surface area contributed by atoms with Crippen LogP contribution >= 0.6 is 0 Å². The topological polar surface area (TPSA) is 44.1 Å². The van der Waals surface area contributed by atoms with Crippen LogP contribution in [-0.4, -0.2) is 24.3 Å². The summed E-state index contributed by atoms with van der Waals surface area (Å²) in [6.45, 7) is 3.25. The second-order valence-electron chi connectivity index (χ2n) is 4.61. The zero-order chi connectivity index (χ0) is 13.4. The molecule has 1 aromatic rings. The van der Waals surface area contributed by atoms with Crippen molar-refractivity contribution in [3.05, 3.63) is 35.4 Å². The summed E-state index contributed by atoms with van der Waals surface area (Å²) in [6, 6.07) is 10.4. The molecule has 96 valence electrons. The first-order valence-corrected chi connectivity index (χ1v) is 6.30. The number of Topliss-reactive ketones (excluding diaryl/α,β-unsaturated/α-hetero) is 1. The maximum atomic E-state index is 11.3. The van der Waals surface area contributed by atoms with E-state index in [9.17, 15) is 4.79 Å². The molecule has 3 nitrogen and oxygen atoms in total. The molecule has 0 saturated carbocycles. The maximum Gasteiger partial charge on any atom is 0.160 e. The number of likely N-dealkylation sites (N-methyl/N-ethyl adjacent to an activating group) is 1. The van der Waals surface area contributed by atoms with Crippen molar-refractivity contribution in [2.24, 2.45) is 0 Å². The predicted molar refractivity (Wildman–Crippen MR) is 72.0 cm³/mol. The number of ketones is 1. The van der Waals surface area contributed by atoms with E-state index in [2.05, 4.69) is 31.2 Å². The van der Waals surface area contributed by atoms with Crippen LogP contribution in [0.5, 0.6) is 0 Å². The lowest BCUT2D eigenvalue weighted by Gasteiger charge is -2.15. The van der Waals surface area contributed by atoms with E-state index in [0.29, 0.717) is 6.54 Å². The number of nitrogens with zero attached hydrogens (tertiary/aromatic N) is 2. The molecule has 1 aromatic carbocycles. The van der Waals surface area contributed by atoms with Crippen molar-refractivity contribution >= 4 is 5.78 Å². The van der Waals surface area contributed by atoms with E-state index < -0.39 is 0 Å². The van der Waals surface area contributed by atoms with Gasteiger partial charge in [-0.1, -0.05) is 37.6 Å². The fraction of sp³-hybridized carbons (Fsp3) is 0.467. The molecule has 0 spiro atoms. The standard InChI is InChI=1S/C15H20N2O/c1-3-4-13-5-7-14(8-6-13)11-17(2)12-15(18)9-10-16/h5-8H,3-4,9,11-12H2,1-2H3. The molecular formula is C15H20N2O. The van der Waals surface area contributed by atoms with E-state index in [1.165, 1.54) is 11.1 Å². The quantitative estimate of drug-likeness (QED) is 0.740. The first-order chi connectivity index (χ1) is 8.65. The van der Waals surface area contributed by atoms with Crippen molar-refractivity contribution in [2.45, 2.75) is 32.7 Å². The molecule has 0 amide bonds. The third kappa shape index (κ3) is 5.11. The van der Waals surface area contributed by atoms with Crippen LogP contribution in [0, 0.1) is 11.3 Å². The molecule has 0 heterocycles. The fourth-order valence-corrected chi connectivity index (χ4v) is 1.91. The molecule has 0 N–H and O–H groups in total. The SMILES string of the molecule is CCCc1ccc(CN(C)CC(=O)CC#N)cc1. The van der Waals surface area contributed by atoms with Gasteiger partial charge in [0.05, 0.1) is 19.0 Å². The summed E-state index contributed by atoms with van der Waals surface area (Å²) in [5.41, 5.74) is 2.55. The van der Waals surface area contributed by atoms with Crippen molar-refractivity contribution in [1.29, 1.82) is 5.26 Å². The van der Waals surface area contributed by atoms with Gasteiger partial charge in [0.2, 0.25) is 0 Å². The van der Waals surface area contributed by atoms with Crippen LogP contribution in [0.15, 0.2) is 24.3 Å². The highest BCUT2D eigenvalue weighted by atomic mass is 16.1. The van der Waals surface area contributed by atoms with Crippen molar-refractivity contribution in [3.8, 4) is 6.07 Å². The summed E-state index contributed by atoms with van der Waals surface area (Å²) in [6.07, 6.45) is 2.26. The Morgan fingerprint density at radius 2 is 1.89 bits per heavy atom. The molecule has 0 aromatic heterocycles. The number of nitriles is 1. The minimum atomic E-state index is -0.0254. The van der Waals surface area contributed by atoms with Crippen LogP contribution in [0.3, 0.4) is 0 Å². The average Bonchev–Trinajstić information content (AvgIpc) is 2.32. The van der Waals surface area contributed by atoms with E-state index in [1.54, 1.807) is 0 Å². The lowest BCUT2D eigenvalue weighted by atomic mass is 10.1. The minimum absolute atomic E-state index is 0.000220. The summed E-state index contributed by atoms with van der Waals surface area (Å²) in [4.78, 5) is 13.3. The van der Waals surface area contributed by atoms with Crippen molar-refractivity contribution in [3.63, 3.8) is 0 Å². The Balaban J connectivity index is 2.46. The van der Waals surface area contributed by atoms with Gasteiger partial charge in [-0.05, 0) is 24.6 Å². The van der Waals surface area contributed by atoms with E-state index in [-0.39, 0.29) is 12.2 Å². The third-order valence-corrected chi connectivity index (χ3v) is 2.74. The Morgan fingerprint density at radius 3 is 2.44 bits per heavy atom. The van der Waals surface area contributed by atoms with Gasteiger partial charge in [0, 0.05) is 6.54 Å². The fourth-order valence-electron chi connectivity index (χ4n) is 1.91. The van der Waals surface area contributed by atoms with Gasteiger partial charge >= 0.3 is 0 Å². The van der Waals surface area contributed by atoms with Gasteiger partial charge in [0.25, 0.3) is 0 Å². The van der Waals surface area contributed by atoms with Crippen molar-refractivity contribution in [2.75, 3.05) is 13.6 Å². The largest absolute Gasteiger partial charge is 0.297 e. The smallest absolute Gasteiger partial charge is 0.160 e. The number of hydrogen-bond donors (Lipinski definition) is 0. The van der Waals surface area contributed by atoms with Crippen LogP contribution in [-0.2, 0) is 17.8 Å². The molecule has 0 fully saturated rings. The van der Waals surface area contributed by atoms with Gasteiger partial charge in [0.15, 0.2) is 5.78 Å². The first-order valence-electron chi connectivity index (χ1n) is 6.30. The van der Waals surface area contributed by atoms with Crippen molar-refractivity contribution in [1.82, 2.24) is 4.90 Å². The second kappa shape index (κ2) is 7.62. The van der Waals surface area contributed by atoms with Gasteiger partial charge < -0.3 is 0 Å². The van der Waals surface area contributed by atoms with Gasteiger partial charge in [-0.15, -0.1) is 0 Å². The Bertz CT molecular complexity index is 417. The summed E-state index contributed by atoms with van der Waals surface area (Å²) in [7, 11) is 1.90. The lowest BCUT2D eigenvalue weighted by Crippen LogP contribution is -2.25. The second-order valence-corrected chi connectivity index (χ2v) is 4.61. The van der Waals surface area contributed by atoms with Crippen LogP contribution in [0.4, 0.5) is 0 Å². The molecule has 0 saturated heterocycles. The molecule has 0 bridgehead atoms. The Labute approximate surface area is 109 Å². The van der Waals surface area contributed by atoms with E-state index >= 15 is 0 Å². The minimum Gasteiger partial charge on any atom is -0.297 e. The first kappa shape index (κ1) is 14.4. The molecule has 0 aliphatic carbocycles. The highest BCUT2D eigenvalue weighted by molar-refractivity contribution is 5.82. The lowest BCUT2D eigenvalue weighted by molar-refractivity contribution is -0.119. The number of rotatable bonds is 7. The number of carbonyl (C=O) groups excluding carboxylic acids is 1. The number of aryl methyl sites for hydroxylation is 1. The molecule has 0 unspecified atom stereocenters. The van der Waals surface area contributed by atoms with Crippen LogP contribution < -0.4 is 0 Å². The molecule has 0 aliphatic rings. The van der Waals surface area contributed by atoms with E-state index in [0.717, 1.165) is 19.4 Å². The number of benzene rings is 1. The van der Waals surface area contributed by atoms with Gasteiger partial charge in [-0.3, -0.25) is 9.69 Å². The zero-order valence-electron chi connectivity index (χ0n) is 11.1. The summed E-state index contributed by atoms with van der Waals surface area (Å²) in [5, 5.41) is 8.43. The Kier molecular flexibility index (Phi) is 6.10. The summed E-state index contributed by atoms with van der Waals surface area (Å²) >= 11 is 0. The van der Waals surface area contributed by atoms with Crippen LogP contribution in [0.2, 0.25) is 0 Å². The molecule has 0 aliphatic heterocycles. The molecule has 0 radical (unpaired) electrons. The third-order valence-electron chi connectivity index (χ3n) is 2.74. The van der Waals surface area contributed by atoms with Crippen LogP contribution in [0.1, 0.15) is 30.9 Å². The summed E-state index contributed by atoms with van der Waals surface area (Å²) in [5.74, 6) is -0.0254. The Morgan fingerprint density at radius 1 is 1.28 bits per heavy atom. The maximum absolute atomic E-state index is 11.3. The van der Waals surface area contributed by atoms with Crippen LogP contribution in [0.25, 0.3) is 0 Å². The number of carbonyl (C=O) groups is 1. The summed E-state index contributed by atoms with van der Waals surface area (Å²) < 4.78 is 0. The number of hydrogen-bond acceptors (Lipinski definition) is 3. The Hall–Kier alpha value is -1.66. The average molecular weight is 244 g/mol. The normalized spacial score (nSPS) is 10.3. The monoisotopic (exact) mass is 244 g/mol. The van der Waals surface area contributed by atoms with Crippen molar-refractivity contribution < 1.29 is 4.79 Å². The highest BCUT2D eigenvalue weighted by Crippen LogP contribution is 2.08. The van der Waals surface area contributed by atoms with Gasteiger partial charge in [0.1, 0.15) is 0 Å². The highest BCUT2D eigenvalue weighted by Gasteiger charge is 2.06. The predicted octanol–water partition coefficient (Wildman–Crippen LogP) is 2.55. The molecule has 3 heteroatoms. The van der Waals surface area contributed by atoms with E-state index in [1.807, 2.05) is 18.0 Å². The zero-order valence-corrected chi connectivity index (χ0v) is 11.1. The molecule has 18 heavy (non-hydrogen) atoms. The molecule has 0 atom stereocenters. The molecular weight excluding hydrogens is 224 g/mol. The molecule has 1 rings (SSSR count). The van der Waals surface area contributed by atoms with Gasteiger partial charge in [-0.2, -0.15) is 5.26 Å². The van der Waals surface area contributed by atoms with Gasteiger partial charge in [-0.25, -0.2) is 0 Å². The van der Waals surface area contributed by atoms with E-state index in [4.69, 9.17) is 5.26 Å².